The number of fused-ring (bicyclic) bond motifs is 1. The van der Waals surface area contributed by atoms with Crippen LogP contribution in [-0.4, -0.2) is 18.4 Å². The van der Waals surface area contributed by atoms with Crippen LogP contribution >= 0.6 is 15.9 Å². The zero-order valence-corrected chi connectivity index (χ0v) is 16.8. The summed E-state index contributed by atoms with van der Waals surface area (Å²) >= 11 is 3.35. The Labute approximate surface area is 175 Å². The van der Waals surface area contributed by atoms with Crippen LogP contribution in [0, 0.1) is 5.82 Å². The van der Waals surface area contributed by atoms with E-state index in [0.29, 0.717) is 22.7 Å². The van der Waals surface area contributed by atoms with Crippen molar-refractivity contribution >= 4 is 39.1 Å². The average molecular weight is 455 g/mol. The van der Waals surface area contributed by atoms with E-state index in [-0.39, 0.29) is 30.8 Å². The Bertz CT molecular complexity index is 1090. The van der Waals surface area contributed by atoms with E-state index in [4.69, 9.17) is 4.74 Å². The highest BCUT2D eigenvalue weighted by Crippen LogP contribution is 2.35. The van der Waals surface area contributed by atoms with Gasteiger partial charge in [-0.2, -0.15) is 0 Å². The van der Waals surface area contributed by atoms with Crippen LogP contribution in [-0.2, 0) is 11.3 Å². The maximum atomic E-state index is 13.2. The molecule has 1 heterocycles. The zero-order chi connectivity index (χ0) is 20.4. The van der Waals surface area contributed by atoms with Crippen molar-refractivity contribution in [2.45, 2.75) is 6.54 Å². The van der Waals surface area contributed by atoms with Gasteiger partial charge >= 0.3 is 0 Å². The second-order valence-corrected chi connectivity index (χ2v) is 7.46. The van der Waals surface area contributed by atoms with Crippen LogP contribution in [0.25, 0.3) is 0 Å². The van der Waals surface area contributed by atoms with Crippen molar-refractivity contribution < 1.29 is 18.7 Å². The van der Waals surface area contributed by atoms with Crippen molar-refractivity contribution in [3.05, 3.63) is 88.1 Å². The Hall–Kier alpha value is -3.19. The molecular formula is C22H16BrFN2O3. The van der Waals surface area contributed by atoms with Crippen molar-refractivity contribution in [3.63, 3.8) is 0 Å². The minimum absolute atomic E-state index is 0.0715. The van der Waals surface area contributed by atoms with E-state index in [1.807, 2.05) is 6.07 Å². The monoisotopic (exact) mass is 454 g/mol. The van der Waals surface area contributed by atoms with Gasteiger partial charge in [0, 0.05) is 15.7 Å². The first-order valence-corrected chi connectivity index (χ1v) is 9.67. The van der Waals surface area contributed by atoms with Gasteiger partial charge in [0.2, 0.25) is 0 Å². The number of carbonyl (C=O) groups is 2. The molecule has 1 N–H and O–H groups in total. The maximum Gasteiger partial charge on any atom is 0.265 e. The van der Waals surface area contributed by atoms with E-state index in [9.17, 15) is 14.0 Å². The SMILES string of the molecule is O=C(Nc1ccc2c(c1)N(Cc1ccc(F)cc1)C(=O)CO2)c1cccc(Br)c1. The minimum atomic E-state index is -0.333. The smallest absolute Gasteiger partial charge is 0.265 e. The lowest BCUT2D eigenvalue weighted by Gasteiger charge is -2.30. The number of benzene rings is 3. The third-order valence-corrected chi connectivity index (χ3v) is 4.99. The first-order chi connectivity index (χ1) is 14.0. The number of nitrogens with one attached hydrogen (secondary N) is 1. The predicted octanol–water partition coefficient (Wildman–Crippen LogP) is 4.77. The summed E-state index contributed by atoms with van der Waals surface area (Å²) in [7, 11) is 0. The molecule has 0 saturated heterocycles. The van der Waals surface area contributed by atoms with Gasteiger partial charge in [-0.3, -0.25) is 9.59 Å². The maximum absolute atomic E-state index is 13.2. The van der Waals surface area contributed by atoms with E-state index in [0.717, 1.165) is 10.0 Å². The van der Waals surface area contributed by atoms with E-state index < -0.39 is 0 Å². The van der Waals surface area contributed by atoms with Gasteiger partial charge in [-0.25, -0.2) is 4.39 Å². The Morgan fingerprint density at radius 3 is 2.66 bits per heavy atom. The third kappa shape index (κ3) is 4.30. The van der Waals surface area contributed by atoms with Gasteiger partial charge in [0.25, 0.3) is 11.8 Å². The van der Waals surface area contributed by atoms with Crippen LogP contribution in [0.2, 0.25) is 0 Å². The molecule has 3 aromatic carbocycles. The molecule has 0 radical (unpaired) electrons. The fourth-order valence-electron chi connectivity index (χ4n) is 3.06. The van der Waals surface area contributed by atoms with Gasteiger partial charge in [-0.15, -0.1) is 0 Å². The molecule has 5 nitrogen and oxygen atoms in total. The number of ether oxygens (including phenoxy) is 1. The van der Waals surface area contributed by atoms with Crippen LogP contribution in [0.15, 0.2) is 71.2 Å². The third-order valence-electron chi connectivity index (χ3n) is 4.50. The minimum Gasteiger partial charge on any atom is -0.482 e. The Kier molecular flexibility index (Phi) is 5.31. The van der Waals surface area contributed by atoms with Gasteiger partial charge < -0.3 is 15.0 Å². The highest BCUT2D eigenvalue weighted by molar-refractivity contribution is 9.10. The summed E-state index contributed by atoms with van der Waals surface area (Å²) in [6.07, 6.45) is 0. The Balaban J connectivity index is 1.60. The molecule has 0 aromatic heterocycles. The van der Waals surface area contributed by atoms with Gasteiger partial charge in [-0.05, 0) is 54.1 Å². The Morgan fingerprint density at radius 1 is 1.10 bits per heavy atom. The molecule has 2 amide bonds. The lowest BCUT2D eigenvalue weighted by molar-refractivity contribution is -0.121. The molecule has 0 atom stereocenters. The molecule has 0 unspecified atom stereocenters. The highest BCUT2D eigenvalue weighted by atomic mass is 79.9. The van der Waals surface area contributed by atoms with Crippen molar-refractivity contribution in [1.82, 2.24) is 0 Å². The van der Waals surface area contributed by atoms with Gasteiger partial charge in [0.15, 0.2) is 6.61 Å². The van der Waals surface area contributed by atoms with Crippen LogP contribution in [0.5, 0.6) is 5.75 Å². The fourth-order valence-corrected chi connectivity index (χ4v) is 3.46. The molecular weight excluding hydrogens is 439 g/mol. The standard InChI is InChI=1S/C22H16BrFN2O3/c23-16-3-1-2-15(10-16)22(28)25-18-8-9-20-19(11-18)26(21(27)13-29-20)12-14-4-6-17(24)7-5-14/h1-11H,12-13H2,(H,25,28). The number of rotatable bonds is 4. The number of hydrogen-bond donors (Lipinski definition) is 1. The summed E-state index contributed by atoms with van der Waals surface area (Å²) in [4.78, 5) is 26.5. The first kappa shape index (κ1) is 19.1. The summed E-state index contributed by atoms with van der Waals surface area (Å²) in [5.74, 6) is -0.260. The molecule has 29 heavy (non-hydrogen) atoms. The lowest BCUT2D eigenvalue weighted by Crippen LogP contribution is -2.38. The number of halogens is 2. The van der Waals surface area contributed by atoms with Crippen LogP contribution in [0.4, 0.5) is 15.8 Å². The molecule has 1 aliphatic heterocycles. The number of amides is 2. The quantitative estimate of drug-likeness (QED) is 0.617. The van der Waals surface area contributed by atoms with E-state index in [2.05, 4.69) is 21.2 Å². The number of anilines is 2. The highest BCUT2D eigenvalue weighted by Gasteiger charge is 2.26. The molecule has 0 spiro atoms. The number of hydrogen-bond acceptors (Lipinski definition) is 3. The zero-order valence-electron chi connectivity index (χ0n) is 15.2. The van der Waals surface area contributed by atoms with E-state index in [1.165, 1.54) is 12.1 Å². The average Bonchev–Trinajstić information content (AvgIpc) is 2.71. The Morgan fingerprint density at radius 2 is 1.90 bits per heavy atom. The fraction of sp³-hybridized carbons (Fsp3) is 0.0909. The summed E-state index contributed by atoms with van der Waals surface area (Å²) in [6.45, 7) is 0.205. The number of carbonyl (C=O) groups excluding carboxylic acids is 2. The van der Waals surface area contributed by atoms with Crippen molar-refractivity contribution in [2.24, 2.45) is 0 Å². The van der Waals surface area contributed by atoms with Crippen LogP contribution in [0.1, 0.15) is 15.9 Å². The van der Waals surface area contributed by atoms with E-state index in [1.54, 1.807) is 53.4 Å². The summed E-state index contributed by atoms with van der Waals surface area (Å²) in [6, 6.07) is 18.2. The van der Waals surface area contributed by atoms with Gasteiger partial charge in [-0.1, -0.05) is 34.1 Å². The lowest BCUT2D eigenvalue weighted by atomic mass is 10.1. The molecule has 4 rings (SSSR count). The molecule has 0 aliphatic carbocycles. The molecule has 3 aromatic rings. The summed E-state index contributed by atoms with van der Waals surface area (Å²) in [5, 5.41) is 2.84. The first-order valence-electron chi connectivity index (χ1n) is 8.88. The summed E-state index contributed by atoms with van der Waals surface area (Å²) in [5.41, 5.74) is 2.39. The second-order valence-electron chi connectivity index (χ2n) is 6.54. The molecule has 1 aliphatic rings. The molecule has 146 valence electrons. The normalized spacial score (nSPS) is 12.9. The van der Waals surface area contributed by atoms with E-state index >= 15 is 0 Å². The molecule has 0 bridgehead atoms. The van der Waals surface area contributed by atoms with Crippen molar-refractivity contribution in [2.75, 3.05) is 16.8 Å². The largest absolute Gasteiger partial charge is 0.482 e. The van der Waals surface area contributed by atoms with Crippen molar-refractivity contribution in [1.29, 1.82) is 0 Å². The predicted molar refractivity (Wildman–Crippen MR) is 112 cm³/mol. The van der Waals surface area contributed by atoms with Crippen LogP contribution < -0.4 is 15.0 Å². The molecule has 0 saturated carbocycles. The molecule has 7 heteroatoms. The van der Waals surface area contributed by atoms with Gasteiger partial charge in [0.05, 0.1) is 12.2 Å². The van der Waals surface area contributed by atoms with Crippen LogP contribution in [0.3, 0.4) is 0 Å². The van der Waals surface area contributed by atoms with Gasteiger partial charge in [0.1, 0.15) is 11.6 Å². The molecule has 0 fully saturated rings. The topological polar surface area (TPSA) is 58.6 Å². The second kappa shape index (κ2) is 8.05. The summed E-state index contributed by atoms with van der Waals surface area (Å²) < 4.78 is 19.5. The number of nitrogens with zero attached hydrogens (tertiary/aromatic N) is 1. The van der Waals surface area contributed by atoms with Crippen molar-refractivity contribution in [3.8, 4) is 5.75 Å².